The summed E-state index contributed by atoms with van der Waals surface area (Å²) < 4.78 is 0. The first-order valence-electron chi connectivity index (χ1n) is 6.48. The van der Waals surface area contributed by atoms with E-state index in [-0.39, 0.29) is 0 Å². The van der Waals surface area contributed by atoms with Gasteiger partial charge in [-0.2, -0.15) is 0 Å². The maximum Gasteiger partial charge on any atom is 0.329 e. The second-order valence-electron chi connectivity index (χ2n) is 4.69. The second-order valence-corrected chi connectivity index (χ2v) is 5.74. The first kappa shape index (κ1) is 15.3. The smallest absolute Gasteiger partial charge is 0.329 e. The number of hydrogen-bond donors (Lipinski definition) is 1. The summed E-state index contributed by atoms with van der Waals surface area (Å²) in [6.07, 6.45) is 9.32. The summed E-state index contributed by atoms with van der Waals surface area (Å²) in [4.78, 5) is 21.1. The fourth-order valence-corrected chi connectivity index (χ4v) is 2.60. The van der Waals surface area contributed by atoms with Crippen LogP contribution in [0.2, 0.25) is 0 Å². The Kier molecular flexibility index (Phi) is 5.16. The van der Waals surface area contributed by atoms with Crippen molar-refractivity contribution in [3.63, 3.8) is 0 Å². The number of anilines is 1. The molecule has 1 aromatic rings. The van der Waals surface area contributed by atoms with Crippen LogP contribution in [0.5, 0.6) is 0 Å². The van der Waals surface area contributed by atoms with Gasteiger partial charge in [-0.15, -0.1) is 11.8 Å². The number of carboxylic acids is 1. The minimum Gasteiger partial charge on any atom is -0.480 e. The predicted octanol–water partition coefficient (Wildman–Crippen LogP) is 2.32. The predicted molar refractivity (Wildman–Crippen MR) is 88.1 cm³/mol. The van der Waals surface area contributed by atoms with Crippen LogP contribution in [0.25, 0.3) is 6.08 Å². The molecule has 1 aromatic heterocycles. The zero-order chi connectivity index (χ0) is 15.2. The number of pyridine rings is 1. The lowest BCUT2D eigenvalue weighted by Crippen LogP contribution is -2.16. The molecule has 1 aliphatic heterocycles. The van der Waals surface area contributed by atoms with Crippen LogP contribution < -0.4 is 4.90 Å². The molecular formula is C15H17N3O2S. The van der Waals surface area contributed by atoms with Crippen LogP contribution in [-0.2, 0) is 4.79 Å². The van der Waals surface area contributed by atoms with Crippen molar-refractivity contribution in [2.24, 2.45) is 4.99 Å². The van der Waals surface area contributed by atoms with Gasteiger partial charge in [0.15, 0.2) is 6.04 Å². The molecule has 0 unspecified atom stereocenters. The summed E-state index contributed by atoms with van der Waals surface area (Å²) in [5.41, 5.74) is 1.01. The van der Waals surface area contributed by atoms with Crippen LogP contribution in [0.1, 0.15) is 5.56 Å². The zero-order valence-electron chi connectivity index (χ0n) is 11.9. The minimum atomic E-state index is -0.867. The summed E-state index contributed by atoms with van der Waals surface area (Å²) in [6.45, 7) is 0. The van der Waals surface area contributed by atoms with Crippen molar-refractivity contribution in [1.29, 1.82) is 0 Å². The van der Waals surface area contributed by atoms with Gasteiger partial charge in [0.05, 0.1) is 5.04 Å². The van der Waals surface area contributed by atoms with Crippen LogP contribution in [0.3, 0.4) is 0 Å². The van der Waals surface area contributed by atoms with Crippen LogP contribution in [0.4, 0.5) is 5.82 Å². The number of carboxylic acid groups (broad SMARTS) is 1. The van der Waals surface area contributed by atoms with Crippen molar-refractivity contribution in [3.05, 3.63) is 42.1 Å². The number of hydrogen-bond acceptors (Lipinski definition) is 5. The SMILES string of the molecule is CN(C)c1ccc(/C=C/C=C/C2=N[C@@H](C(=O)O)CS2)cn1. The summed E-state index contributed by atoms with van der Waals surface area (Å²) >= 11 is 1.46. The van der Waals surface area contributed by atoms with Gasteiger partial charge in [0.25, 0.3) is 0 Å². The van der Waals surface area contributed by atoms with E-state index in [9.17, 15) is 4.79 Å². The second kappa shape index (κ2) is 7.08. The zero-order valence-corrected chi connectivity index (χ0v) is 12.7. The van der Waals surface area contributed by atoms with Gasteiger partial charge in [-0.1, -0.05) is 18.2 Å². The number of aliphatic carboxylic acids is 1. The molecule has 0 saturated carbocycles. The quantitative estimate of drug-likeness (QED) is 0.846. The number of nitrogens with zero attached hydrogens (tertiary/aromatic N) is 3. The summed E-state index contributed by atoms with van der Waals surface area (Å²) in [6, 6.07) is 3.34. The lowest BCUT2D eigenvalue weighted by molar-refractivity contribution is -0.137. The Bertz CT molecular complexity index is 591. The molecule has 1 atom stereocenters. The third kappa shape index (κ3) is 4.46. The Balaban J connectivity index is 1.92. The van der Waals surface area contributed by atoms with Gasteiger partial charge in [0.1, 0.15) is 5.82 Å². The highest BCUT2D eigenvalue weighted by Gasteiger charge is 2.22. The maximum atomic E-state index is 10.8. The van der Waals surface area contributed by atoms with E-state index in [1.165, 1.54) is 11.8 Å². The van der Waals surface area contributed by atoms with E-state index in [0.29, 0.717) is 5.75 Å². The molecule has 0 aliphatic carbocycles. The molecule has 110 valence electrons. The highest BCUT2D eigenvalue weighted by molar-refractivity contribution is 8.14. The van der Waals surface area contributed by atoms with E-state index < -0.39 is 12.0 Å². The molecule has 0 saturated heterocycles. The molecule has 0 radical (unpaired) electrons. The molecule has 5 nitrogen and oxygen atoms in total. The van der Waals surface area contributed by atoms with Crippen LogP contribution in [-0.4, -0.2) is 47.0 Å². The molecule has 0 bridgehead atoms. The Morgan fingerprint density at radius 3 is 2.71 bits per heavy atom. The van der Waals surface area contributed by atoms with Crippen molar-refractivity contribution >= 4 is 34.7 Å². The molecule has 0 spiro atoms. The Labute approximate surface area is 128 Å². The molecule has 21 heavy (non-hydrogen) atoms. The normalized spacial score (nSPS) is 18.4. The number of carbonyl (C=O) groups is 1. The fraction of sp³-hybridized carbons (Fsp3) is 0.267. The van der Waals surface area contributed by atoms with Gasteiger partial charge < -0.3 is 10.0 Å². The van der Waals surface area contributed by atoms with Crippen LogP contribution >= 0.6 is 11.8 Å². The molecule has 6 heteroatoms. The molecule has 2 heterocycles. The third-order valence-corrected chi connectivity index (χ3v) is 3.84. The first-order chi connectivity index (χ1) is 10.1. The molecule has 0 amide bonds. The molecule has 0 aromatic carbocycles. The highest BCUT2D eigenvalue weighted by Crippen LogP contribution is 2.19. The standard InChI is InChI=1S/C15H17N3O2S/c1-18(2)13-8-7-11(9-16-13)5-3-4-6-14-17-12(10-21-14)15(19)20/h3-9,12H,10H2,1-2H3,(H,19,20)/b5-3+,6-4+/t12-/m1/s1. The van der Waals surface area contributed by atoms with Gasteiger partial charge >= 0.3 is 5.97 Å². The summed E-state index contributed by atoms with van der Waals surface area (Å²) in [5, 5.41) is 9.60. The van der Waals surface area contributed by atoms with E-state index in [2.05, 4.69) is 9.98 Å². The average Bonchev–Trinajstić information content (AvgIpc) is 2.93. The number of rotatable bonds is 5. The lowest BCUT2D eigenvalue weighted by atomic mass is 10.2. The Hall–Kier alpha value is -2.08. The van der Waals surface area contributed by atoms with Crippen LogP contribution in [0.15, 0.2) is 41.6 Å². The van der Waals surface area contributed by atoms with E-state index in [0.717, 1.165) is 16.4 Å². The van der Waals surface area contributed by atoms with Gasteiger partial charge in [-0.3, -0.25) is 4.99 Å². The number of allylic oxidation sites excluding steroid dienone is 2. The number of thioether (sulfide) groups is 1. The Morgan fingerprint density at radius 1 is 1.38 bits per heavy atom. The van der Waals surface area contributed by atoms with Gasteiger partial charge in [-0.25, -0.2) is 9.78 Å². The molecule has 2 rings (SSSR count). The summed E-state index contributed by atoms with van der Waals surface area (Å²) in [5.74, 6) is 0.557. The van der Waals surface area contributed by atoms with Gasteiger partial charge in [0.2, 0.25) is 0 Å². The van der Waals surface area contributed by atoms with Crippen molar-refractivity contribution in [2.75, 3.05) is 24.7 Å². The van der Waals surface area contributed by atoms with Gasteiger partial charge in [0, 0.05) is 26.0 Å². The first-order valence-corrected chi connectivity index (χ1v) is 7.46. The summed E-state index contributed by atoms with van der Waals surface area (Å²) in [7, 11) is 3.90. The Morgan fingerprint density at radius 2 is 2.14 bits per heavy atom. The lowest BCUT2D eigenvalue weighted by Gasteiger charge is -2.10. The maximum absolute atomic E-state index is 10.8. The fourth-order valence-electron chi connectivity index (χ4n) is 1.68. The average molecular weight is 303 g/mol. The molecule has 1 N–H and O–H groups in total. The van der Waals surface area contributed by atoms with E-state index in [1.807, 2.05) is 61.6 Å². The highest BCUT2D eigenvalue weighted by atomic mass is 32.2. The third-order valence-electron chi connectivity index (χ3n) is 2.82. The van der Waals surface area contributed by atoms with E-state index in [1.54, 1.807) is 0 Å². The molecule has 0 fully saturated rings. The van der Waals surface area contributed by atoms with Crippen LogP contribution in [0, 0.1) is 0 Å². The minimum absolute atomic E-state index is 0.509. The molecule has 1 aliphatic rings. The van der Waals surface area contributed by atoms with Crippen molar-refractivity contribution in [1.82, 2.24) is 4.98 Å². The van der Waals surface area contributed by atoms with Gasteiger partial charge in [-0.05, 0) is 23.8 Å². The largest absolute Gasteiger partial charge is 0.480 e. The van der Waals surface area contributed by atoms with Crippen molar-refractivity contribution in [2.45, 2.75) is 6.04 Å². The number of aliphatic imine (C=N–C) groups is 1. The topological polar surface area (TPSA) is 65.8 Å². The van der Waals surface area contributed by atoms with E-state index in [4.69, 9.17) is 5.11 Å². The monoisotopic (exact) mass is 303 g/mol. The van der Waals surface area contributed by atoms with E-state index >= 15 is 0 Å². The molecular weight excluding hydrogens is 286 g/mol. The number of aromatic nitrogens is 1. The van der Waals surface area contributed by atoms with Crippen molar-refractivity contribution in [3.8, 4) is 0 Å². The van der Waals surface area contributed by atoms with Crippen molar-refractivity contribution < 1.29 is 9.90 Å².